The molecule has 1 N–H and O–H groups in total. The zero-order valence-corrected chi connectivity index (χ0v) is 18.6. The topological polar surface area (TPSA) is 47.6 Å². The standard InChI is InChI=1S/C25H27NO3S/c1-17-5-12-22(13-6-17)30-16-19-7-9-20(10-8-19)25(27)26-18(2)21-11-14-23(28-3)24(15-21)29-4/h5-15,18H,16H2,1-4H3,(H,26,27). The Morgan fingerprint density at radius 3 is 2.23 bits per heavy atom. The van der Waals surface area contributed by atoms with E-state index in [1.165, 1.54) is 16.0 Å². The SMILES string of the molecule is COc1ccc(C(C)NC(=O)c2ccc(CSc3ccc(C)cc3)cc2)cc1OC. The molecule has 156 valence electrons. The number of aryl methyl sites for hydroxylation is 1. The smallest absolute Gasteiger partial charge is 0.251 e. The van der Waals surface area contributed by atoms with E-state index in [-0.39, 0.29) is 11.9 Å². The van der Waals surface area contributed by atoms with E-state index >= 15 is 0 Å². The van der Waals surface area contributed by atoms with Gasteiger partial charge in [0.05, 0.1) is 20.3 Å². The van der Waals surface area contributed by atoms with Crippen molar-refractivity contribution in [3.8, 4) is 11.5 Å². The maximum atomic E-state index is 12.7. The molecule has 1 unspecified atom stereocenters. The molecule has 0 heterocycles. The molecule has 0 aliphatic heterocycles. The maximum Gasteiger partial charge on any atom is 0.251 e. The van der Waals surface area contributed by atoms with Gasteiger partial charge in [-0.1, -0.05) is 35.9 Å². The van der Waals surface area contributed by atoms with Crippen LogP contribution in [0.25, 0.3) is 0 Å². The fourth-order valence-electron chi connectivity index (χ4n) is 3.04. The number of methoxy groups -OCH3 is 2. The van der Waals surface area contributed by atoms with E-state index in [4.69, 9.17) is 9.47 Å². The first-order valence-corrected chi connectivity index (χ1v) is 10.8. The Hall–Kier alpha value is -2.92. The summed E-state index contributed by atoms with van der Waals surface area (Å²) in [6, 6.07) is 21.8. The summed E-state index contributed by atoms with van der Waals surface area (Å²) in [5.41, 5.74) is 4.04. The number of benzene rings is 3. The monoisotopic (exact) mass is 421 g/mol. The van der Waals surface area contributed by atoms with Crippen LogP contribution in [-0.2, 0) is 5.75 Å². The van der Waals surface area contributed by atoms with Gasteiger partial charge in [-0.15, -0.1) is 11.8 Å². The third kappa shape index (κ3) is 5.57. The minimum absolute atomic E-state index is 0.102. The summed E-state index contributed by atoms with van der Waals surface area (Å²) in [6.45, 7) is 4.04. The third-order valence-electron chi connectivity index (χ3n) is 4.90. The molecular weight excluding hydrogens is 394 g/mol. The van der Waals surface area contributed by atoms with Gasteiger partial charge in [-0.2, -0.15) is 0 Å². The lowest BCUT2D eigenvalue weighted by Gasteiger charge is -2.16. The van der Waals surface area contributed by atoms with Crippen LogP contribution in [0.1, 0.15) is 40.0 Å². The van der Waals surface area contributed by atoms with Gasteiger partial charge in [0, 0.05) is 16.2 Å². The lowest BCUT2D eigenvalue weighted by Crippen LogP contribution is -2.26. The van der Waals surface area contributed by atoms with E-state index in [1.54, 1.807) is 26.0 Å². The van der Waals surface area contributed by atoms with Crippen molar-refractivity contribution in [1.29, 1.82) is 0 Å². The Morgan fingerprint density at radius 1 is 0.933 bits per heavy atom. The summed E-state index contributed by atoms with van der Waals surface area (Å²) < 4.78 is 10.6. The molecule has 1 amide bonds. The molecule has 3 aromatic rings. The summed E-state index contributed by atoms with van der Waals surface area (Å²) in [5, 5.41) is 3.04. The predicted octanol–water partition coefficient (Wildman–Crippen LogP) is 5.80. The van der Waals surface area contributed by atoms with Crippen molar-refractivity contribution in [3.05, 3.63) is 89.0 Å². The molecule has 0 aliphatic carbocycles. The Kier molecular flexibility index (Phi) is 7.41. The lowest BCUT2D eigenvalue weighted by atomic mass is 10.1. The largest absolute Gasteiger partial charge is 0.493 e. The Bertz CT molecular complexity index is 984. The van der Waals surface area contributed by atoms with Crippen LogP contribution in [0.2, 0.25) is 0 Å². The van der Waals surface area contributed by atoms with Gasteiger partial charge in [-0.3, -0.25) is 4.79 Å². The number of amides is 1. The number of hydrogen-bond acceptors (Lipinski definition) is 4. The second kappa shape index (κ2) is 10.2. The van der Waals surface area contributed by atoms with E-state index in [0.29, 0.717) is 17.1 Å². The van der Waals surface area contributed by atoms with E-state index < -0.39 is 0 Å². The van der Waals surface area contributed by atoms with Crippen molar-refractivity contribution in [2.24, 2.45) is 0 Å². The molecule has 1 atom stereocenters. The molecule has 0 saturated carbocycles. The fraction of sp³-hybridized carbons (Fsp3) is 0.240. The highest BCUT2D eigenvalue weighted by Crippen LogP contribution is 2.30. The minimum atomic E-state index is -0.158. The van der Waals surface area contributed by atoms with Gasteiger partial charge in [0.1, 0.15) is 0 Å². The van der Waals surface area contributed by atoms with Crippen molar-refractivity contribution in [2.45, 2.75) is 30.5 Å². The fourth-order valence-corrected chi connectivity index (χ4v) is 3.89. The van der Waals surface area contributed by atoms with Gasteiger partial charge < -0.3 is 14.8 Å². The second-order valence-electron chi connectivity index (χ2n) is 7.11. The van der Waals surface area contributed by atoms with Crippen molar-refractivity contribution < 1.29 is 14.3 Å². The predicted molar refractivity (Wildman–Crippen MR) is 123 cm³/mol. The number of carbonyl (C=O) groups excluding carboxylic acids is 1. The molecule has 0 bridgehead atoms. The van der Waals surface area contributed by atoms with Gasteiger partial charge in [0.15, 0.2) is 11.5 Å². The van der Waals surface area contributed by atoms with Crippen molar-refractivity contribution in [1.82, 2.24) is 5.32 Å². The van der Waals surface area contributed by atoms with E-state index in [1.807, 2.05) is 49.4 Å². The Morgan fingerprint density at radius 2 is 1.60 bits per heavy atom. The summed E-state index contributed by atoms with van der Waals surface area (Å²) in [7, 11) is 3.20. The van der Waals surface area contributed by atoms with E-state index in [0.717, 1.165) is 11.3 Å². The molecule has 3 aromatic carbocycles. The average Bonchev–Trinajstić information content (AvgIpc) is 2.78. The van der Waals surface area contributed by atoms with Crippen LogP contribution in [0.5, 0.6) is 11.5 Å². The molecule has 0 radical (unpaired) electrons. The van der Waals surface area contributed by atoms with Crippen LogP contribution in [-0.4, -0.2) is 20.1 Å². The van der Waals surface area contributed by atoms with Crippen LogP contribution in [0, 0.1) is 6.92 Å². The van der Waals surface area contributed by atoms with Crippen molar-refractivity contribution in [2.75, 3.05) is 14.2 Å². The van der Waals surface area contributed by atoms with Gasteiger partial charge >= 0.3 is 0 Å². The zero-order valence-electron chi connectivity index (χ0n) is 17.8. The summed E-state index contributed by atoms with van der Waals surface area (Å²) in [4.78, 5) is 13.9. The van der Waals surface area contributed by atoms with Gasteiger partial charge in [-0.25, -0.2) is 0 Å². The Labute approximate surface area is 182 Å². The van der Waals surface area contributed by atoms with Crippen LogP contribution < -0.4 is 14.8 Å². The summed E-state index contributed by atoms with van der Waals surface area (Å²) in [6.07, 6.45) is 0. The average molecular weight is 422 g/mol. The van der Waals surface area contributed by atoms with Crippen molar-refractivity contribution in [3.63, 3.8) is 0 Å². The van der Waals surface area contributed by atoms with Crippen LogP contribution in [0.15, 0.2) is 71.6 Å². The Balaban J connectivity index is 1.59. The molecule has 0 aliphatic rings. The maximum absolute atomic E-state index is 12.7. The summed E-state index contributed by atoms with van der Waals surface area (Å²) in [5.74, 6) is 2.08. The van der Waals surface area contributed by atoms with Crippen LogP contribution in [0.4, 0.5) is 0 Å². The molecule has 3 rings (SSSR count). The third-order valence-corrected chi connectivity index (χ3v) is 5.98. The van der Waals surface area contributed by atoms with Gasteiger partial charge in [0.25, 0.3) is 5.91 Å². The highest BCUT2D eigenvalue weighted by Gasteiger charge is 2.14. The molecule has 5 heteroatoms. The molecular formula is C25H27NO3S. The highest BCUT2D eigenvalue weighted by molar-refractivity contribution is 7.98. The van der Waals surface area contributed by atoms with E-state index in [2.05, 4.69) is 36.5 Å². The molecule has 0 saturated heterocycles. The van der Waals surface area contributed by atoms with E-state index in [9.17, 15) is 4.79 Å². The van der Waals surface area contributed by atoms with Crippen LogP contribution >= 0.6 is 11.8 Å². The van der Waals surface area contributed by atoms with Gasteiger partial charge in [0.2, 0.25) is 0 Å². The number of carbonyl (C=O) groups is 1. The first-order chi connectivity index (χ1) is 14.5. The van der Waals surface area contributed by atoms with Crippen molar-refractivity contribution >= 4 is 17.7 Å². The zero-order chi connectivity index (χ0) is 21.5. The second-order valence-corrected chi connectivity index (χ2v) is 8.16. The number of thioether (sulfide) groups is 1. The highest BCUT2D eigenvalue weighted by atomic mass is 32.2. The number of rotatable bonds is 8. The lowest BCUT2D eigenvalue weighted by molar-refractivity contribution is 0.0940. The first-order valence-electron chi connectivity index (χ1n) is 9.81. The molecule has 0 fully saturated rings. The molecule has 0 spiro atoms. The molecule has 4 nitrogen and oxygen atoms in total. The first kappa shape index (κ1) is 21.8. The number of nitrogens with one attached hydrogen (secondary N) is 1. The quantitative estimate of drug-likeness (QED) is 0.467. The number of ether oxygens (including phenoxy) is 2. The molecule has 0 aromatic heterocycles. The van der Waals surface area contributed by atoms with Crippen LogP contribution in [0.3, 0.4) is 0 Å². The number of hydrogen-bond donors (Lipinski definition) is 1. The normalized spacial score (nSPS) is 11.6. The summed E-state index contributed by atoms with van der Waals surface area (Å²) >= 11 is 1.79. The molecule has 30 heavy (non-hydrogen) atoms. The minimum Gasteiger partial charge on any atom is -0.493 e. The van der Waals surface area contributed by atoms with Gasteiger partial charge in [-0.05, 0) is 61.4 Å².